The van der Waals surface area contributed by atoms with Crippen LogP contribution in [0.5, 0.6) is 0 Å². The third-order valence-corrected chi connectivity index (χ3v) is 1.89. The van der Waals surface area contributed by atoms with Crippen molar-refractivity contribution in [2.45, 2.75) is 6.92 Å². The monoisotopic (exact) mass is 128 g/mol. The highest BCUT2D eigenvalue weighted by Crippen LogP contribution is 2.44. The van der Waals surface area contributed by atoms with Gasteiger partial charge in [-0.3, -0.25) is 4.79 Å². The van der Waals surface area contributed by atoms with Crippen LogP contribution in [0, 0.1) is 17.8 Å². The van der Waals surface area contributed by atoms with Crippen molar-refractivity contribution in [1.82, 2.24) is 0 Å². The van der Waals surface area contributed by atoms with Crippen LogP contribution < -0.4 is 0 Å². The van der Waals surface area contributed by atoms with E-state index in [4.69, 9.17) is 5.11 Å². The first-order chi connectivity index (χ1) is 4.18. The van der Waals surface area contributed by atoms with Gasteiger partial charge in [-0.2, -0.15) is 0 Å². The second-order valence-corrected chi connectivity index (χ2v) is 2.44. The van der Waals surface area contributed by atoms with Crippen LogP contribution in [0.2, 0.25) is 0 Å². The van der Waals surface area contributed by atoms with E-state index in [9.17, 15) is 9.59 Å². The number of carbonyl (C=O) groups excluding carboxylic acids is 1. The second-order valence-electron chi connectivity index (χ2n) is 2.44. The molecule has 3 unspecified atom stereocenters. The predicted octanol–water partition coefficient (Wildman–Crippen LogP) is 0.152. The van der Waals surface area contributed by atoms with E-state index in [-0.39, 0.29) is 11.8 Å². The molecule has 0 saturated heterocycles. The molecule has 1 fully saturated rings. The van der Waals surface area contributed by atoms with Gasteiger partial charge in [-0.25, -0.2) is 0 Å². The van der Waals surface area contributed by atoms with Crippen LogP contribution >= 0.6 is 0 Å². The molecule has 0 heterocycles. The van der Waals surface area contributed by atoms with E-state index >= 15 is 0 Å². The van der Waals surface area contributed by atoms with Gasteiger partial charge in [0.25, 0.3) is 0 Å². The van der Waals surface area contributed by atoms with Crippen LogP contribution in [-0.4, -0.2) is 17.4 Å². The minimum Gasteiger partial charge on any atom is -0.481 e. The topological polar surface area (TPSA) is 54.4 Å². The zero-order chi connectivity index (χ0) is 7.02. The Bertz CT molecular complexity index is 152. The van der Waals surface area contributed by atoms with E-state index in [1.165, 1.54) is 0 Å². The maximum absolute atomic E-state index is 10.2. The average Bonchev–Trinajstić information content (AvgIpc) is 2.40. The maximum atomic E-state index is 10.2. The smallest absolute Gasteiger partial charge is 0.307 e. The summed E-state index contributed by atoms with van der Waals surface area (Å²) in [6.45, 7) is 1.78. The highest BCUT2D eigenvalue weighted by molar-refractivity contribution is 5.81. The molecule has 1 aliphatic rings. The summed E-state index contributed by atoms with van der Waals surface area (Å²) in [5, 5.41) is 8.37. The molecule has 9 heavy (non-hydrogen) atoms. The third-order valence-electron chi connectivity index (χ3n) is 1.89. The predicted molar refractivity (Wildman–Crippen MR) is 29.8 cm³/mol. The first-order valence-electron chi connectivity index (χ1n) is 2.86. The van der Waals surface area contributed by atoms with E-state index in [2.05, 4.69) is 0 Å². The summed E-state index contributed by atoms with van der Waals surface area (Å²) in [5.41, 5.74) is 0. The zero-order valence-corrected chi connectivity index (χ0v) is 5.07. The Labute approximate surface area is 52.7 Å². The Kier molecular flexibility index (Phi) is 1.27. The van der Waals surface area contributed by atoms with Crippen LogP contribution in [0.15, 0.2) is 0 Å². The van der Waals surface area contributed by atoms with Gasteiger partial charge in [-0.05, 0) is 5.92 Å². The fourth-order valence-electron chi connectivity index (χ4n) is 1.09. The molecule has 1 rings (SSSR count). The number of hydrogen-bond donors (Lipinski definition) is 1. The van der Waals surface area contributed by atoms with E-state index in [0.29, 0.717) is 0 Å². The largest absolute Gasteiger partial charge is 0.481 e. The molecule has 1 saturated carbocycles. The molecule has 0 aromatic carbocycles. The van der Waals surface area contributed by atoms with Gasteiger partial charge in [0, 0.05) is 5.92 Å². The van der Waals surface area contributed by atoms with Crippen molar-refractivity contribution in [3.63, 3.8) is 0 Å². The molecule has 0 aromatic rings. The van der Waals surface area contributed by atoms with Gasteiger partial charge in [0.15, 0.2) is 0 Å². The first-order valence-corrected chi connectivity index (χ1v) is 2.86. The normalized spacial score (nSPS) is 39.9. The number of rotatable bonds is 2. The molecular weight excluding hydrogens is 120 g/mol. The van der Waals surface area contributed by atoms with Crippen LogP contribution in [0.3, 0.4) is 0 Å². The quantitative estimate of drug-likeness (QED) is 0.538. The molecule has 1 N–H and O–H groups in total. The molecule has 50 valence electrons. The number of carboxylic acid groups (broad SMARTS) is 1. The van der Waals surface area contributed by atoms with Crippen LogP contribution in [0.4, 0.5) is 0 Å². The number of aliphatic carboxylic acids is 1. The molecule has 1 aliphatic carbocycles. The Morgan fingerprint density at radius 1 is 1.67 bits per heavy atom. The Balaban J connectivity index is 2.51. The van der Waals surface area contributed by atoms with Crippen molar-refractivity contribution >= 4 is 12.3 Å². The molecule has 0 aliphatic heterocycles. The lowest BCUT2D eigenvalue weighted by atomic mass is 10.3. The molecule has 0 amide bonds. The molecule has 0 spiro atoms. The summed E-state index contributed by atoms with van der Waals surface area (Å²) in [4.78, 5) is 20.2. The van der Waals surface area contributed by atoms with Crippen molar-refractivity contribution in [3.05, 3.63) is 0 Å². The van der Waals surface area contributed by atoms with E-state index in [1.807, 2.05) is 0 Å². The lowest BCUT2D eigenvalue weighted by Crippen LogP contribution is -2.00. The minimum absolute atomic E-state index is 0.0556. The molecule has 3 heteroatoms. The van der Waals surface area contributed by atoms with E-state index in [0.717, 1.165) is 6.29 Å². The highest BCUT2D eigenvalue weighted by Gasteiger charge is 2.51. The Morgan fingerprint density at radius 2 is 2.22 bits per heavy atom. The van der Waals surface area contributed by atoms with Gasteiger partial charge in [-0.1, -0.05) is 6.92 Å². The average molecular weight is 128 g/mol. The molecule has 0 bridgehead atoms. The van der Waals surface area contributed by atoms with Crippen molar-refractivity contribution in [1.29, 1.82) is 0 Å². The molecular formula is C6H8O3. The summed E-state index contributed by atoms with van der Waals surface area (Å²) >= 11 is 0. The zero-order valence-electron chi connectivity index (χ0n) is 5.07. The number of aldehydes is 1. The maximum Gasteiger partial charge on any atom is 0.307 e. The Morgan fingerprint density at radius 3 is 2.33 bits per heavy atom. The molecule has 3 atom stereocenters. The standard InChI is InChI=1S/C6H8O3/c1-3-4(2-7)5(3)6(8)9/h2-5H,1H3,(H,8,9). The molecule has 3 nitrogen and oxygen atoms in total. The van der Waals surface area contributed by atoms with Crippen molar-refractivity contribution in [2.24, 2.45) is 17.8 Å². The van der Waals surface area contributed by atoms with Crippen molar-refractivity contribution < 1.29 is 14.7 Å². The number of carboxylic acids is 1. The van der Waals surface area contributed by atoms with E-state index < -0.39 is 11.9 Å². The van der Waals surface area contributed by atoms with Gasteiger partial charge in [-0.15, -0.1) is 0 Å². The van der Waals surface area contributed by atoms with Crippen LogP contribution in [0.25, 0.3) is 0 Å². The van der Waals surface area contributed by atoms with Gasteiger partial charge in [0.1, 0.15) is 6.29 Å². The summed E-state index contributed by atoms with van der Waals surface area (Å²) in [6.07, 6.45) is 0.726. The first kappa shape index (κ1) is 6.26. The SMILES string of the molecule is CC1C(C=O)C1C(=O)O. The molecule has 0 aromatic heterocycles. The summed E-state index contributed by atoms with van der Waals surface area (Å²) in [5.74, 6) is -1.41. The second kappa shape index (κ2) is 1.83. The third kappa shape index (κ3) is 0.823. The van der Waals surface area contributed by atoms with Crippen molar-refractivity contribution in [3.8, 4) is 0 Å². The lowest BCUT2D eigenvalue weighted by Gasteiger charge is -1.80. The van der Waals surface area contributed by atoms with Gasteiger partial charge < -0.3 is 9.90 Å². The molecule has 0 radical (unpaired) electrons. The van der Waals surface area contributed by atoms with E-state index in [1.54, 1.807) is 6.92 Å². The van der Waals surface area contributed by atoms with Crippen LogP contribution in [-0.2, 0) is 9.59 Å². The van der Waals surface area contributed by atoms with Gasteiger partial charge in [0.2, 0.25) is 0 Å². The van der Waals surface area contributed by atoms with Gasteiger partial charge >= 0.3 is 5.97 Å². The summed E-state index contributed by atoms with van der Waals surface area (Å²) < 4.78 is 0. The van der Waals surface area contributed by atoms with Gasteiger partial charge in [0.05, 0.1) is 5.92 Å². The number of hydrogen-bond acceptors (Lipinski definition) is 2. The van der Waals surface area contributed by atoms with Crippen LogP contribution in [0.1, 0.15) is 6.92 Å². The minimum atomic E-state index is -0.848. The number of carbonyl (C=O) groups is 2. The fraction of sp³-hybridized carbons (Fsp3) is 0.667. The fourth-order valence-corrected chi connectivity index (χ4v) is 1.09. The lowest BCUT2D eigenvalue weighted by molar-refractivity contribution is -0.139. The summed E-state index contributed by atoms with van der Waals surface area (Å²) in [7, 11) is 0. The highest BCUT2D eigenvalue weighted by atomic mass is 16.4. The van der Waals surface area contributed by atoms with Crippen molar-refractivity contribution in [2.75, 3.05) is 0 Å². The Hall–Kier alpha value is -0.860. The summed E-state index contributed by atoms with van der Waals surface area (Å²) in [6, 6.07) is 0.